The van der Waals surface area contributed by atoms with E-state index in [2.05, 4.69) is 22.0 Å². The minimum atomic E-state index is 0.252. The van der Waals surface area contributed by atoms with Crippen LogP contribution in [0.5, 0.6) is 17.2 Å². The molecule has 0 aliphatic rings. The van der Waals surface area contributed by atoms with E-state index in [-0.39, 0.29) is 6.42 Å². The zero-order valence-corrected chi connectivity index (χ0v) is 10.9. The molecule has 0 fully saturated rings. The smallest absolute Gasteiger partial charge is 0.178 e. The van der Waals surface area contributed by atoms with Gasteiger partial charge >= 0.3 is 0 Å². The molecule has 0 aliphatic carbocycles. The zero-order valence-electron chi connectivity index (χ0n) is 9.33. The molecule has 5 heteroatoms. The normalized spacial score (nSPS) is 9.44. The third-order valence-electron chi connectivity index (χ3n) is 2.12. The van der Waals surface area contributed by atoms with Gasteiger partial charge in [0.25, 0.3) is 0 Å². The molecule has 1 aromatic carbocycles. The van der Waals surface area contributed by atoms with Crippen LogP contribution in [-0.2, 0) is 6.42 Å². The lowest BCUT2D eigenvalue weighted by molar-refractivity contribution is 0.345. The van der Waals surface area contributed by atoms with E-state index in [1.807, 2.05) is 0 Å². The fourth-order valence-electron chi connectivity index (χ4n) is 1.42. The van der Waals surface area contributed by atoms with Crippen LogP contribution in [0.3, 0.4) is 0 Å². The number of hydrogen-bond donors (Lipinski definition) is 0. The van der Waals surface area contributed by atoms with Crippen molar-refractivity contribution < 1.29 is 14.2 Å². The van der Waals surface area contributed by atoms with E-state index in [1.165, 1.54) is 0 Å². The summed E-state index contributed by atoms with van der Waals surface area (Å²) in [6, 6.07) is 3.82. The molecular formula is C11H12BrNO3. The second-order valence-corrected chi connectivity index (χ2v) is 3.75. The molecule has 0 saturated heterocycles. The van der Waals surface area contributed by atoms with E-state index >= 15 is 0 Å². The van der Waals surface area contributed by atoms with Crippen molar-refractivity contribution in [1.29, 1.82) is 5.26 Å². The van der Waals surface area contributed by atoms with Gasteiger partial charge in [0.2, 0.25) is 0 Å². The molecule has 0 spiro atoms. The summed E-state index contributed by atoms with van der Waals surface area (Å²) in [6.07, 6.45) is 0.252. The van der Waals surface area contributed by atoms with Crippen molar-refractivity contribution in [3.8, 4) is 23.3 Å². The van der Waals surface area contributed by atoms with Gasteiger partial charge in [0.05, 0.1) is 33.8 Å². The van der Waals surface area contributed by atoms with E-state index in [0.717, 1.165) is 5.56 Å². The van der Waals surface area contributed by atoms with Crippen molar-refractivity contribution in [2.24, 2.45) is 0 Å². The van der Waals surface area contributed by atoms with Crippen molar-refractivity contribution >= 4 is 15.9 Å². The van der Waals surface area contributed by atoms with E-state index in [9.17, 15) is 0 Å². The number of hydrogen-bond acceptors (Lipinski definition) is 4. The van der Waals surface area contributed by atoms with Gasteiger partial charge in [0.15, 0.2) is 11.5 Å². The predicted octanol–water partition coefficient (Wildman–Crippen LogP) is 2.54. The summed E-state index contributed by atoms with van der Waals surface area (Å²) in [6.45, 7) is 0. The van der Waals surface area contributed by atoms with Crippen molar-refractivity contribution in [3.05, 3.63) is 16.1 Å². The van der Waals surface area contributed by atoms with Crippen LogP contribution in [0.2, 0.25) is 0 Å². The van der Waals surface area contributed by atoms with Gasteiger partial charge < -0.3 is 14.2 Å². The van der Waals surface area contributed by atoms with Crippen LogP contribution in [0.25, 0.3) is 0 Å². The van der Waals surface area contributed by atoms with E-state index in [0.29, 0.717) is 21.7 Å². The molecule has 0 amide bonds. The van der Waals surface area contributed by atoms with Gasteiger partial charge in [0, 0.05) is 5.56 Å². The third-order valence-corrected chi connectivity index (χ3v) is 2.84. The summed E-state index contributed by atoms with van der Waals surface area (Å²) < 4.78 is 16.3. The second kappa shape index (κ2) is 5.61. The maximum Gasteiger partial charge on any atom is 0.178 e. The second-order valence-electron chi connectivity index (χ2n) is 2.95. The minimum Gasteiger partial charge on any atom is -0.495 e. The standard InChI is InChI=1S/C11H12BrNO3/c1-14-8-6-7(4-5-13)10(15-2)9(12)11(8)16-3/h6H,4H2,1-3H3. The maximum absolute atomic E-state index is 8.73. The number of nitriles is 1. The third kappa shape index (κ3) is 2.22. The Morgan fingerprint density at radius 2 is 1.81 bits per heavy atom. The molecule has 86 valence electrons. The first-order valence-corrected chi connectivity index (χ1v) is 5.33. The Bertz CT molecular complexity index is 426. The highest BCUT2D eigenvalue weighted by Gasteiger charge is 2.18. The van der Waals surface area contributed by atoms with Gasteiger partial charge in [0.1, 0.15) is 10.2 Å². The SMILES string of the molecule is COc1cc(CC#N)c(OC)c(Br)c1OC. The van der Waals surface area contributed by atoms with Crippen LogP contribution in [0.15, 0.2) is 10.5 Å². The quantitative estimate of drug-likeness (QED) is 0.853. The molecule has 0 heterocycles. The molecule has 0 saturated carbocycles. The first-order valence-electron chi connectivity index (χ1n) is 4.53. The maximum atomic E-state index is 8.73. The fourth-order valence-corrected chi connectivity index (χ4v) is 2.19. The minimum absolute atomic E-state index is 0.252. The average molecular weight is 286 g/mol. The highest BCUT2D eigenvalue weighted by molar-refractivity contribution is 9.10. The Balaban J connectivity index is 3.42. The van der Waals surface area contributed by atoms with Crippen LogP contribution in [0, 0.1) is 11.3 Å². The highest BCUT2D eigenvalue weighted by Crippen LogP contribution is 2.44. The van der Waals surface area contributed by atoms with Crippen molar-refractivity contribution in [3.63, 3.8) is 0 Å². The largest absolute Gasteiger partial charge is 0.495 e. The zero-order chi connectivity index (χ0) is 12.1. The lowest BCUT2D eigenvalue weighted by Gasteiger charge is -2.15. The van der Waals surface area contributed by atoms with Gasteiger partial charge in [-0.1, -0.05) is 0 Å². The van der Waals surface area contributed by atoms with E-state index in [4.69, 9.17) is 19.5 Å². The van der Waals surface area contributed by atoms with Gasteiger partial charge in [-0.3, -0.25) is 0 Å². The summed E-state index contributed by atoms with van der Waals surface area (Å²) in [7, 11) is 4.64. The number of nitrogens with zero attached hydrogens (tertiary/aromatic N) is 1. The Hall–Kier alpha value is -1.41. The van der Waals surface area contributed by atoms with E-state index in [1.54, 1.807) is 27.4 Å². The lowest BCUT2D eigenvalue weighted by Crippen LogP contribution is -1.98. The molecule has 1 aromatic rings. The van der Waals surface area contributed by atoms with Crippen LogP contribution >= 0.6 is 15.9 Å². The Kier molecular flexibility index (Phi) is 4.44. The van der Waals surface area contributed by atoms with Crippen LogP contribution in [0.4, 0.5) is 0 Å². The van der Waals surface area contributed by atoms with Crippen molar-refractivity contribution in [2.75, 3.05) is 21.3 Å². The summed E-state index contributed by atoms with van der Waals surface area (Å²) in [5.74, 6) is 1.72. The van der Waals surface area contributed by atoms with Gasteiger partial charge in [-0.25, -0.2) is 0 Å². The highest BCUT2D eigenvalue weighted by atomic mass is 79.9. The number of rotatable bonds is 4. The molecule has 0 bridgehead atoms. The lowest BCUT2D eigenvalue weighted by atomic mass is 10.1. The fraction of sp³-hybridized carbons (Fsp3) is 0.364. The topological polar surface area (TPSA) is 51.5 Å². The van der Waals surface area contributed by atoms with Crippen molar-refractivity contribution in [2.45, 2.75) is 6.42 Å². The predicted molar refractivity (Wildman–Crippen MR) is 63.1 cm³/mol. The van der Waals surface area contributed by atoms with Crippen molar-refractivity contribution in [1.82, 2.24) is 0 Å². The monoisotopic (exact) mass is 285 g/mol. The first-order chi connectivity index (χ1) is 7.69. The molecule has 0 unspecified atom stereocenters. The Morgan fingerprint density at radius 1 is 1.19 bits per heavy atom. The average Bonchev–Trinajstić information content (AvgIpc) is 2.29. The number of benzene rings is 1. The number of halogens is 1. The van der Waals surface area contributed by atoms with Crippen LogP contribution in [-0.4, -0.2) is 21.3 Å². The summed E-state index contributed by atoms with van der Waals surface area (Å²) >= 11 is 3.37. The molecule has 0 N–H and O–H groups in total. The molecule has 0 aliphatic heterocycles. The molecule has 16 heavy (non-hydrogen) atoms. The number of ether oxygens (including phenoxy) is 3. The van der Waals surface area contributed by atoms with Crippen LogP contribution < -0.4 is 14.2 Å². The van der Waals surface area contributed by atoms with Gasteiger partial charge in [-0.05, 0) is 22.0 Å². The van der Waals surface area contributed by atoms with Crippen LogP contribution in [0.1, 0.15) is 5.56 Å². The molecule has 0 atom stereocenters. The molecule has 4 nitrogen and oxygen atoms in total. The van der Waals surface area contributed by atoms with E-state index < -0.39 is 0 Å². The van der Waals surface area contributed by atoms with Gasteiger partial charge in [-0.15, -0.1) is 0 Å². The Morgan fingerprint density at radius 3 is 2.25 bits per heavy atom. The summed E-state index contributed by atoms with van der Waals surface area (Å²) in [4.78, 5) is 0. The summed E-state index contributed by atoms with van der Waals surface area (Å²) in [5, 5.41) is 8.73. The van der Waals surface area contributed by atoms with Gasteiger partial charge in [-0.2, -0.15) is 5.26 Å². The first kappa shape index (κ1) is 12.7. The molecule has 0 radical (unpaired) electrons. The number of methoxy groups -OCH3 is 3. The molecular weight excluding hydrogens is 274 g/mol. The molecule has 0 aromatic heterocycles. The Labute approximate surface area is 103 Å². The molecule has 1 rings (SSSR count). The summed E-state index contributed by atoms with van der Waals surface area (Å²) in [5.41, 5.74) is 0.759.